The maximum absolute atomic E-state index is 11.8. The van der Waals surface area contributed by atoms with Crippen LogP contribution in [0.25, 0.3) is 0 Å². The van der Waals surface area contributed by atoms with E-state index in [1.165, 1.54) is 18.2 Å². The quantitative estimate of drug-likeness (QED) is 0.842. The largest absolute Gasteiger partial charge is 0.363 e. The number of halogens is 1. The molecule has 1 aromatic carbocycles. The van der Waals surface area contributed by atoms with E-state index in [0.717, 1.165) is 6.26 Å². The number of sulfone groups is 1. The zero-order valence-corrected chi connectivity index (χ0v) is 13.3. The molecular weight excluding hydrogens is 316 g/mol. The van der Waals surface area contributed by atoms with Crippen molar-refractivity contribution in [1.29, 1.82) is 0 Å². The van der Waals surface area contributed by atoms with Crippen LogP contribution in [-0.4, -0.2) is 45.9 Å². The van der Waals surface area contributed by atoms with E-state index in [1.807, 2.05) is 6.92 Å². The Hall–Kier alpha value is -1.15. The minimum absolute atomic E-state index is 0.0956. The fourth-order valence-electron chi connectivity index (χ4n) is 1.84. The number of rotatable bonds is 5. The third-order valence-electron chi connectivity index (χ3n) is 3.19. The maximum Gasteiger partial charge on any atom is 0.250 e. The molecular formula is C13H17ClN2O4S. The average Bonchev–Trinajstić information content (AvgIpc) is 2.35. The molecule has 0 bridgehead atoms. The number of anilines is 1. The van der Waals surface area contributed by atoms with Gasteiger partial charge in [0.1, 0.15) is 6.61 Å². The van der Waals surface area contributed by atoms with Crippen molar-refractivity contribution in [3.63, 3.8) is 0 Å². The fraction of sp³-hybridized carbons (Fsp3) is 0.462. The summed E-state index contributed by atoms with van der Waals surface area (Å²) in [5.74, 6) is -0.379. The molecule has 0 saturated carbocycles. The Balaban J connectivity index is 2.03. The zero-order valence-electron chi connectivity index (χ0n) is 11.8. The van der Waals surface area contributed by atoms with Crippen LogP contribution < -0.4 is 10.6 Å². The molecule has 116 valence electrons. The van der Waals surface area contributed by atoms with E-state index in [0.29, 0.717) is 13.1 Å². The molecule has 8 heteroatoms. The lowest BCUT2D eigenvalue weighted by Gasteiger charge is -2.38. The van der Waals surface area contributed by atoms with Crippen LogP contribution in [0, 0.1) is 0 Å². The first kappa shape index (κ1) is 16.2. The van der Waals surface area contributed by atoms with Crippen molar-refractivity contribution < 1.29 is 17.9 Å². The first-order valence-corrected chi connectivity index (χ1v) is 8.61. The van der Waals surface area contributed by atoms with Crippen molar-refractivity contribution in [2.24, 2.45) is 0 Å². The monoisotopic (exact) mass is 332 g/mol. The number of benzene rings is 1. The molecule has 1 heterocycles. The summed E-state index contributed by atoms with van der Waals surface area (Å²) in [5.41, 5.74) is -0.0690. The molecule has 0 atom stereocenters. The second kappa shape index (κ2) is 5.92. The van der Waals surface area contributed by atoms with E-state index in [9.17, 15) is 13.2 Å². The van der Waals surface area contributed by atoms with Gasteiger partial charge in [-0.3, -0.25) is 4.79 Å². The Bertz CT molecular complexity index is 656. The van der Waals surface area contributed by atoms with Crippen LogP contribution in [0.3, 0.4) is 0 Å². The van der Waals surface area contributed by atoms with Crippen LogP contribution in [-0.2, 0) is 19.4 Å². The van der Waals surface area contributed by atoms with E-state index in [2.05, 4.69) is 10.6 Å². The molecule has 2 rings (SSSR count). The summed E-state index contributed by atoms with van der Waals surface area (Å²) in [7, 11) is -3.36. The van der Waals surface area contributed by atoms with Crippen LogP contribution in [0.4, 0.5) is 5.69 Å². The van der Waals surface area contributed by atoms with Crippen molar-refractivity contribution in [3.05, 3.63) is 23.2 Å². The molecule has 1 fully saturated rings. The molecule has 0 aromatic heterocycles. The zero-order chi connectivity index (χ0) is 15.7. The highest BCUT2D eigenvalue weighted by Gasteiger charge is 2.33. The summed E-state index contributed by atoms with van der Waals surface area (Å²) < 4.78 is 28.5. The average molecular weight is 333 g/mol. The van der Waals surface area contributed by atoms with Crippen molar-refractivity contribution in [3.8, 4) is 0 Å². The van der Waals surface area contributed by atoms with Gasteiger partial charge in [0.15, 0.2) is 9.84 Å². The van der Waals surface area contributed by atoms with E-state index in [1.54, 1.807) is 0 Å². The lowest BCUT2D eigenvalue weighted by Crippen LogP contribution is -2.59. The number of carbonyl (C=O) groups excluding carboxylic acids is 1. The molecule has 1 amide bonds. The summed E-state index contributed by atoms with van der Waals surface area (Å²) in [6.07, 6.45) is 1.09. The Kier molecular flexibility index (Phi) is 4.57. The third-order valence-corrected chi connectivity index (χ3v) is 4.63. The van der Waals surface area contributed by atoms with Gasteiger partial charge in [0, 0.05) is 19.3 Å². The van der Waals surface area contributed by atoms with Gasteiger partial charge < -0.3 is 15.4 Å². The Labute approximate surface area is 128 Å². The molecule has 0 radical (unpaired) electrons. The highest BCUT2D eigenvalue weighted by molar-refractivity contribution is 7.90. The molecule has 1 aromatic rings. The van der Waals surface area contributed by atoms with E-state index in [-0.39, 0.29) is 33.7 Å². The van der Waals surface area contributed by atoms with Gasteiger partial charge in [-0.1, -0.05) is 11.6 Å². The standard InChI is InChI=1S/C13H17ClN2O4S/c1-13(7-15-8-13)20-6-12(17)16-11-5-9(21(2,18)19)3-4-10(11)14/h3-5,15H,6-8H2,1-2H3,(H,16,17). The molecule has 1 saturated heterocycles. The minimum Gasteiger partial charge on any atom is -0.363 e. The van der Waals surface area contributed by atoms with Crippen molar-refractivity contribution in [2.75, 3.05) is 31.3 Å². The number of amides is 1. The highest BCUT2D eigenvalue weighted by Crippen LogP contribution is 2.25. The summed E-state index contributed by atoms with van der Waals surface area (Å²) in [5, 5.41) is 5.90. The van der Waals surface area contributed by atoms with Crippen molar-refractivity contribution >= 4 is 33.0 Å². The van der Waals surface area contributed by atoms with Crippen molar-refractivity contribution in [1.82, 2.24) is 5.32 Å². The van der Waals surface area contributed by atoms with Crippen LogP contribution >= 0.6 is 11.6 Å². The number of nitrogens with one attached hydrogen (secondary N) is 2. The summed E-state index contributed by atoms with van der Waals surface area (Å²) in [6, 6.07) is 4.17. The van der Waals surface area contributed by atoms with Crippen LogP contribution in [0.2, 0.25) is 5.02 Å². The first-order valence-electron chi connectivity index (χ1n) is 6.34. The molecule has 1 aliphatic heterocycles. The van der Waals surface area contributed by atoms with Gasteiger partial charge in [-0.25, -0.2) is 8.42 Å². The van der Waals surface area contributed by atoms with Gasteiger partial charge in [0.25, 0.3) is 0 Å². The Morgan fingerprint density at radius 1 is 1.48 bits per heavy atom. The second-order valence-electron chi connectivity index (χ2n) is 5.30. The number of ether oxygens (including phenoxy) is 1. The van der Waals surface area contributed by atoms with Crippen LogP contribution in [0.1, 0.15) is 6.92 Å². The first-order chi connectivity index (χ1) is 9.70. The van der Waals surface area contributed by atoms with Gasteiger partial charge in [-0.05, 0) is 25.1 Å². The summed E-state index contributed by atoms with van der Waals surface area (Å²) in [6.45, 7) is 3.20. The smallest absolute Gasteiger partial charge is 0.250 e. The Morgan fingerprint density at radius 2 is 2.14 bits per heavy atom. The van der Waals surface area contributed by atoms with Gasteiger partial charge in [0.2, 0.25) is 5.91 Å². The van der Waals surface area contributed by atoms with Crippen LogP contribution in [0.5, 0.6) is 0 Å². The van der Waals surface area contributed by atoms with Crippen molar-refractivity contribution in [2.45, 2.75) is 17.4 Å². The molecule has 2 N–H and O–H groups in total. The van der Waals surface area contributed by atoms with Crippen LogP contribution in [0.15, 0.2) is 23.1 Å². The van der Waals surface area contributed by atoms with Gasteiger partial charge in [0.05, 0.1) is 21.2 Å². The predicted molar refractivity (Wildman–Crippen MR) is 80.4 cm³/mol. The maximum atomic E-state index is 11.8. The Morgan fingerprint density at radius 3 is 2.67 bits per heavy atom. The number of hydrogen-bond acceptors (Lipinski definition) is 5. The van der Waals surface area contributed by atoms with Gasteiger partial charge in [-0.2, -0.15) is 0 Å². The SMILES string of the molecule is CC1(OCC(=O)Nc2cc(S(C)(=O)=O)ccc2Cl)CNC1. The third kappa shape index (κ3) is 4.16. The molecule has 0 unspecified atom stereocenters. The van der Waals surface area contributed by atoms with E-state index in [4.69, 9.17) is 16.3 Å². The lowest BCUT2D eigenvalue weighted by atomic mass is 10.0. The predicted octanol–water partition coefficient (Wildman–Crippen LogP) is 1.06. The summed E-state index contributed by atoms with van der Waals surface area (Å²) >= 11 is 5.96. The molecule has 0 aliphatic carbocycles. The number of hydrogen-bond donors (Lipinski definition) is 2. The fourth-order valence-corrected chi connectivity index (χ4v) is 2.65. The lowest BCUT2D eigenvalue weighted by molar-refractivity contribution is -0.130. The molecule has 6 nitrogen and oxygen atoms in total. The molecule has 21 heavy (non-hydrogen) atoms. The molecule has 1 aliphatic rings. The van der Waals surface area contributed by atoms with Gasteiger partial charge in [-0.15, -0.1) is 0 Å². The van der Waals surface area contributed by atoms with E-state index >= 15 is 0 Å². The topological polar surface area (TPSA) is 84.5 Å². The summed E-state index contributed by atoms with van der Waals surface area (Å²) in [4.78, 5) is 11.9. The van der Waals surface area contributed by atoms with Gasteiger partial charge >= 0.3 is 0 Å². The highest BCUT2D eigenvalue weighted by atomic mass is 35.5. The normalized spacial score (nSPS) is 17.1. The van der Waals surface area contributed by atoms with E-state index < -0.39 is 9.84 Å². The second-order valence-corrected chi connectivity index (χ2v) is 7.73. The molecule has 0 spiro atoms. The number of carbonyl (C=O) groups is 1. The minimum atomic E-state index is -3.36.